The Morgan fingerprint density at radius 3 is 2.65 bits per heavy atom. The van der Waals surface area contributed by atoms with Gasteiger partial charge in [-0.15, -0.1) is 0 Å². The average Bonchev–Trinajstić information content (AvgIpc) is 2.48. The molecule has 0 atom stereocenters. The third-order valence-electron chi connectivity index (χ3n) is 3.22. The van der Waals surface area contributed by atoms with Crippen molar-refractivity contribution in [1.82, 2.24) is 9.88 Å². The molecule has 0 radical (unpaired) electrons. The van der Waals surface area contributed by atoms with Crippen molar-refractivity contribution in [2.75, 3.05) is 20.7 Å². The van der Waals surface area contributed by atoms with Gasteiger partial charge in [0.15, 0.2) is 0 Å². The number of nitrogens with zero attached hydrogens (tertiary/aromatic N) is 2. The molecule has 0 fully saturated rings. The largest absolute Gasteiger partial charge is 0.497 e. The molecule has 0 saturated carbocycles. The summed E-state index contributed by atoms with van der Waals surface area (Å²) in [5.74, 6) is 0.894. The van der Waals surface area contributed by atoms with Crippen molar-refractivity contribution in [3.8, 4) is 5.75 Å². The molecule has 0 aliphatic carbocycles. The van der Waals surface area contributed by atoms with E-state index in [4.69, 9.17) is 4.74 Å². The first kappa shape index (κ1) is 15.0. The Kier molecular flexibility index (Phi) is 5.56. The van der Waals surface area contributed by atoms with Crippen molar-refractivity contribution < 1.29 is 4.74 Å². The fraction of sp³-hybridized carbons (Fsp3) is 0.312. The zero-order valence-electron chi connectivity index (χ0n) is 11.8. The maximum absolute atomic E-state index is 5.27. The minimum absolute atomic E-state index is 0.892. The van der Waals surface area contributed by atoms with Crippen LogP contribution < -0.4 is 4.74 Å². The minimum atomic E-state index is 0.892. The van der Waals surface area contributed by atoms with Gasteiger partial charge >= 0.3 is 0 Å². The monoisotopic (exact) mass is 334 g/mol. The molecular formula is C16H19BrN2O. The van der Waals surface area contributed by atoms with E-state index in [1.54, 1.807) is 7.11 Å². The molecule has 0 amide bonds. The highest BCUT2D eigenvalue weighted by Gasteiger charge is 2.06. The predicted molar refractivity (Wildman–Crippen MR) is 85.0 cm³/mol. The molecule has 20 heavy (non-hydrogen) atoms. The maximum atomic E-state index is 5.27. The van der Waals surface area contributed by atoms with Gasteiger partial charge in [-0.25, -0.2) is 0 Å². The lowest BCUT2D eigenvalue weighted by atomic mass is 10.1. The molecule has 0 bridgehead atoms. The number of hydrogen-bond acceptors (Lipinski definition) is 3. The lowest BCUT2D eigenvalue weighted by Gasteiger charge is -2.18. The molecule has 0 aliphatic heterocycles. The quantitative estimate of drug-likeness (QED) is 0.808. The summed E-state index contributed by atoms with van der Waals surface area (Å²) in [5.41, 5.74) is 2.55. The normalized spacial score (nSPS) is 10.8. The van der Waals surface area contributed by atoms with E-state index in [0.717, 1.165) is 29.7 Å². The van der Waals surface area contributed by atoms with E-state index in [1.807, 2.05) is 24.5 Å². The Bertz CT molecular complexity index is 545. The first-order valence-electron chi connectivity index (χ1n) is 6.59. The summed E-state index contributed by atoms with van der Waals surface area (Å²) in [4.78, 5) is 6.34. The summed E-state index contributed by atoms with van der Waals surface area (Å²) in [7, 11) is 3.83. The standard InChI is InChI=1S/C16H19BrN2O/c1-19(10-7-13-5-8-18-9-6-13)12-14-11-15(20-2)3-4-16(14)17/h3-6,8-9,11H,7,10,12H2,1-2H3. The molecule has 0 saturated heterocycles. The van der Waals surface area contributed by atoms with Crippen LogP contribution in [0.5, 0.6) is 5.75 Å². The Balaban J connectivity index is 1.92. The number of hydrogen-bond donors (Lipinski definition) is 0. The van der Waals surface area contributed by atoms with E-state index in [1.165, 1.54) is 11.1 Å². The average molecular weight is 335 g/mol. The third-order valence-corrected chi connectivity index (χ3v) is 4.00. The summed E-state index contributed by atoms with van der Waals surface area (Å²) in [5, 5.41) is 0. The highest BCUT2D eigenvalue weighted by molar-refractivity contribution is 9.10. The molecule has 1 aromatic carbocycles. The van der Waals surface area contributed by atoms with Crippen molar-refractivity contribution in [3.63, 3.8) is 0 Å². The number of likely N-dealkylation sites (N-methyl/N-ethyl adjacent to an activating group) is 1. The molecule has 0 aliphatic rings. The van der Waals surface area contributed by atoms with E-state index in [9.17, 15) is 0 Å². The molecule has 106 valence electrons. The Labute approximate surface area is 128 Å². The van der Waals surface area contributed by atoms with Crippen molar-refractivity contribution in [3.05, 3.63) is 58.3 Å². The molecule has 0 N–H and O–H groups in total. The van der Waals surface area contributed by atoms with Gasteiger partial charge in [0.1, 0.15) is 5.75 Å². The van der Waals surface area contributed by atoms with Crippen molar-refractivity contribution >= 4 is 15.9 Å². The first-order chi connectivity index (χ1) is 9.69. The third kappa shape index (κ3) is 4.32. The van der Waals surface area contributed by atoms with Crippen LogP contribution in [0.25, 0.3) is 0 Å². The van der Waals surface area contributed by atoms with Crippen molar-refractivity contribution in [1.29, 1.82) is 0 Å². The fourth-order valence-electron chi connectivity index (χ4n) is 2.04. The highest BCUT2D eigenvalue weighted by Crippen LogP contribution is 2.23. The van der Waals surface area contributed by atoms with Gasteiger partial charge in [-0.05, 0) is 54.9 Å². The van der Waals surface area contributed by atoms with Crippen LogP contribution in [0.15, 0.2) is 47.2 Å². The summed E-state index contributed by atoms with van der Waals surface area (Å²) >= 11 is 3.59. The van der Waals surface area contributed by atoms with E-state index in [0.29, 0.717) is 0 Å². The lowest BCUT2D eigenvalue weighted by molar-refractivity contribution is 0.329. The smallest absolute Gasteiger partial charge is 0.119 e. The van der Waals surface area contributed by atoms with Crippen LogP contribution in [0, 0.1) is 0 Å². The summed E-state index contributed by atoms with van der Waals surface area (Å²) < 4.78 is 6.39. The second-order valence-corrected chi connectivity index (χ2v) is 5.65. The molecule has 1 heterocycles. The zero-order valence-corrected chi connectivity index (χ0v) is 13.4. The van der Waals surface area contributed by atoms with Gasteiger partial charge in [0, 0.05) is 30.0 Å². The lowest BCUT2D eigenvalue weighted by Crippen LogP contribution is -2.21. The SMILES string of the molecule is COc1ccc(Br)c(CN(C)CCc2ccncc2)c1. The number of methoxy groups -OCH3 is 1. The zero-order chi connectivity index (χ0) is 14.4. The molecule has 2 rings (SSSR count). The van der Waals surface area contributed by atoms with Crippen molar-refractivity contribution in [2.45, 2.75) is 13.0 Å². The molecule has 4 heteroatoms. The van der Waals surface area contributed by atoms with E-state index >= 15 is 0 Å². The second-order valence-electron chi connectivity index (χ2n) is 4.80. The Morgan fingerprint density at radius 2 is 1.95 bits per heavy atom. The van der Waals surface area contributed by atoms with Gasteiger partial charge in [0.25, 0.3) is 0 Å². The van der Waals surface area contributed by atoms with Crippen LogP contribution in [0.2, 0.25) is 0 Å². The van der Waals surface area contributed by atoms with Gasteiger partial charge in [0.05, 0.1) is 7.11 Å². The van der Waals surface area contributed by atoms with Crippen LogP contribution >= 0.6 is 15.9 Å². The van der Waals surface area contributed by atoms with Gasteiger partial charge < -0.3 is 9.64 Å². The predicted octanol–water partition coefficient (Wildman–Crippen LogP) is 3.53. The maximum Gasteiger partial charge on any atom is 0.119 e. The number of benzene rings is 1. The summed E-state index contributed by atoms with van der Waals surface area (Å²) in [6.07, 6.45) is 4.71. The summed E-state index contributed by atoms with van der Waals surface area (Å²) in [6.45, 7) is 1.90. The number of ether oxygens (including phenoxy) is 1. The van der Waals surface area contributed by atoms with Gasteiger partial charge in [-0.2, -0.15) is 0 Å². The van der Waals surface area contributed by atoms with Crippen LogP contribution in [-0.2, 0) is 13.0 Å². The number of rotatable bonds is 6. The highest BCUT2D eigenvalue weighted by atomic mass is 79.9. The Hall–Kier alpha value is -1.39. The van der Waals surface area contributed by atoms with Gasteiger partial charge in [-0.1, -0.05) is 15.9 Å². The molecule has 2 aromatic rings. The number of pyridine rings is 1. The minimum Gasteiger partial charge on any atom is -0.497 e. The Morgan fingerprint density at radius 1 is 1.20 bits per heavy atom. The molecular weight excluding hydrogens is 316 g/mol. The van der Waals surface area contributed by atoms with Crippen LogP contribution in [0.3, 0.4) is 0 Å². The van der Waals surface area contributed by atoms with Gasteiger partial charge in [-0.3, -0.25) is 4.98 Å². The topological polar surface area (TPSA) is 25.4 Å². The molecule has 0 unspecified atom stereocenters. The fourth-order valence-corrected chi connectivity index (χ4v) is 2.41. The number of aromatic nitrogens is 1. The molecule has 1 aromatic heterocycles. The number of halogens is 1. The second kappa shape index (κ2) is 7.41. The van der Waals surface area contributed by atoms with Crippen LogP contribution in [-0.4, -0.2) is 30.6 Å². The first-order valence-corrected chi connectivity index (χ1v) is 7.38. The van der Waals surface area contributed by atoms with Gasteiger partial charge in [0.2, 0.25) is 0 Å². The van der Waals surface area contributed by atoms with Crippen molar-refractivity contribution in [2.24, 2.45) is 0 Å². The van der Waals surface area contributed by atoms with E-state index < -0.39 is 0 Å². The molecule has 0 spiro atoms. The molecule has 3 nitrogen and oxygen atoms in total. The van der Waals surface area contributed by atoms with Crippen LogP contribution in [0.4, 0.5) is 0 Å². The summed E-state index contributed by atoms with van der Waals surface area (Å²) in [6, 6.07) is 10.2. The van der Waals surface area contributed by atoms with E-state index in [2.05, 4.69) is 51.1 Å². The van der Waals surface area contributed by atoms with E-state index in [-0.39, 0.29) is 0 Å². The van der Waals surface area contributed by atoms with Crippen LogP contribution in [0.1, 0.15) is 11.1 Å².